The van der Waals surface area contributed by atoms with E-state index in [9.17, 15) is 9.59 Å². The minimum absolute atomic E-state index is 0.0304. The zero-order valence-electron chi connectivity index (χ0n) is 13.1. The molecule has 1 fully saturated rings. The van der Waals surface area contributed by atoms with E-state index in [1.807, 2.05) is 31.2 Å². The molecular formula is C17H21BrN2O2. The number of nitrogens with one attached hydrogen (secondary N) is 1. The fraction of sp³-hybridized carbons (Fsp3) is 0.471. The van der Waals surface area contributed by atoms with Gasteiger partial charge in [-0.25, -0.2) is 0 Å². The maximum absolute atomic E-state index is 12.1. The molecule has 1 N–H and O–H groups in total. The molecule has 0 spiro atoms. The Labute approximate surface area is 139 Å². The van der Waals surface area contributed by atoms with Gasteiger partial charge < -0.3 is 5.32 Å². The third-order valence-electron chi connectivity index (χ3n) is 3.61. The molecule has 2 rings (SSSR count). The van der Waals surface area contributed by atoms with Crippen LogP contribution in [0.15, 0.2) is 29.3 Å². The normalized spacial score (nSPS) is 22.6. The maximum atomic E-state index is 12.1. The number of carbonyl (C=O) groups excluding carboxylic acids is 2. The van der Waals surface area contributed by atoms with Crippen molar-refractivity contribution < 1.29 is 9.59 Å². The summed E-state index contributed by atoms with van der Waals surface area (Å²) >= 11 is 3.45. The van der Waals surface area contributed by atoms with E-state index in [1.165, 1.54) is 0 Å². The van der Waals surface area contributed by atoms with Gasteiger partial charge >= 0.3 is 0 Å². The second-order valence-electron chi connectivity index (χ2n) is 6.40. The SMILES string of the molecule is CCC(=O)Nc1cccc(N=C2CC(C)(C)CC(=O)C2Br)c1. The summed E-state index contributed by atoms with van der Waals surface area (Å²) in [5, 5.41) is 2.82. The van der Waals surface area contributed by atoms with Crippen molar-refractivity contribution in [3.63, 3.8) is 0 Å². The number of halogens is 1. The zero-order chi connectivity index (χ0) is 16.3. The number of benzene rings is 1. The Morgan fingerprint density at radius 1 is 1.41 bits per heavy atom. The predicted octanol–water partition coefficient (Wildman–Crippen LogP) is 4.26. The fourth-order valence-electron chi connectivity index (χ4n) is 2.55. The quantitative estimate of drug-likeness (QED) is 0.814. The molecule has 0 radical (unpaired) electrons. The Hall–Kier alpha value is -1.49. The van der Waals surface area contributed by atoms with Crippen LogP contribution in [-0.2, 0) is 9.59 Å². The third kappa shape index (κ3) is 4.26. The molecule has 1 aromatic carbocycles. The van der Waals surface area contributed by atoms with Gasteiger partial charge in [-0.2, -0.15) is 0 Å². The van der Waals surface area contributed by atoms with Crippen LogP contribution in [0.4, 0.5) is 11.4 Å². The first kappa shape index (κ1) is 16.9. The van der Waals surface area contributed by atoms with Crippen molar-refractivity contribution in [1.29, 1.82) is 0 Å². The number of carbonyl (C=O) groups is 2. The summed E-state index contributed by atoms with van der Waals surface area (Å²) in [6.07, 6.45) is 1.78. The predicted molar refractivity (Wildman–Crippen MR) is 93.2 cm³/mol. The van der Waals surface area contributed by atoms with Crippen molar-refractivity contribution in [3.8, 4) is 0 Å². The number of Topliss-reactive ketones (excluding diaryl/α,β-unsaturated/α-hetero) is 1. The smallest absolute Gasteiger partial charge is 0.224 e. The minimum atomic E-state index is -0.311. The second-order valence-corrected chi connectivity index (χ2v) is 7.32. The molecule has 1 aliphatic carbocycles. The summed E-state index contributed by atoms with van der Waals surface area (Å²) < 4.78 is 0. The molecule has 1 atom stereocenters. The lowest BCUT2D eigenvalue weighted by molar-refractivity contribution is -0.120. The van der Waals surface area contributed by atoms with Gasteiger partial charge in [-0.05, 0) is 30.0 Å². The minimum Gasteiger partial charge on any atom is -0.326 e. The van der Waals surface area contributed by atoms with E-state index in [4.69, 9.17) is 0 Å². The monoisotopic (exact) mass is 364 g/mol. The molecule has 118 valence electrons. The van der Waals surface area contributed by atoms with Crippen molar-refractivity contribution in [2.75, 3.05) is 5.32 Å². The molecule has 0 aromatic heterocycles. The molecule has 0 saturated heterocycles. The highest BCUT2D eigenvalue weighted by atomic mass is 79.9. The summed E-state index contributed by atoms with van der Waals surface area (Å²) in [6.45, 7) is 5.97. The number of alkyl halides is 1. The molecule has 1 saturated carbocycles. The molecule has 1 aromatic rings. The fourth-order valence-corrected chi connectivity index (χ4v) is 2.98. The van der Waals surface area contributed by atoms with Gasteiger partial charge in [-0.15, -0.1) is 0 Å². The lowest BCUT2D eigenvalue weighted by atomic mass is 9.76. The highest BCUT2D eigenvalue weighted by Crippen LogP contribution is 2.35. The van der Waals surface area contributed by atoms with Crippen LogP contribution in [-0.4, -0.2) is 22.2 Å². The summed E-state index contributed by atoms with van der Waals surface area (Å²) in [5.74, 6) is 0.141. The van der Waals surface area contributed by atoms with Crippen molar-refractivity contribution in [1.82, 2.24) is 0 Å². The lowest BCUT2D eigenvalue weighted by Gasteiger charge is -2.32. The molecule has 0 aliphatic heterocycles. The van der Waals surface area contributed by atoms with Crippen LogP contribution in [0.3, 0.4) is 0 Å². The Bertz CT molecular complexity index is 623. The number of amides is 1. The maximum Gasteiger partial charge on any atom is 0.224 e. The van der Waals surface area contributed by atoms with E-state index in [0.29, 0.717) is 12.8 Å². The van der Waals surface area contributed by atoms with Crippen LogP contribution in [0.25, 0.3) is 0 Å². The van der Waals surface area contributed by atoms with Gasteiger partial charge in [0.2, 0.25) is 5.91 Å². The zero-order valence-corrected chi connectivity index (χ0v) is 14.7. The van der Waals surface area contributed by atoms with E-state index in [1.54, 1.807) is 0 Å². The van der Waals surface area contributed by atoms with Crippen LogP contribution >= 0.6 is 15.9 Å². The molecule has 1 aliphatic rings. The second kappa shape index (κ2) is 6.73. The average molecular weight is 365 g/mol. The van der Waals surface area contributed by atoms with Gasteiger partial charge in [-0.3, -0.25) is 14.6 Å². The number of anilines is 1. The summed E-state index contributed by atoms with van der Waals surface area (Å²) in [6, 6.07) is 7.38. The molecular weight excluding hydrogens is 344 g/mol. The van der Waals surface area contributed by atoms with E-state index in [0.717, 1.165) is 23.5 Å². The average Bonchev–Trinajstić information content (AvgIpc) is 2.44. The van der Waals surface area contributed by atoms with Crippen LogP contribution in [0.2, 0.25) is 0 Å². The van der Waals surface area contributed by atoms with E-state index < -0.39 is 0 Å². The first-order valence-corrected chi connectivity index (χ1v) is 8.36. The van der Waals surface area contributed by atoms with Crippen LogP contribution in [0.5, 0.6) is 0 Å². The number of hydrogen-bond acceptors (Lipinski definition) is 3. The molecule has 0 bridgehead atoms. The largest absolute Gasteiger partial charge is 0.326 e. The Morgan fingerprint density at radius 2 is 2.14 bits per heavy atom. The number of hydrogen-bond donors (Lipinski definition) is 1. The van der Waals surface area contributed by atoms with Crippen LogP contribution < -0.4 is 5.32 Å². The summed E-state index contributed by atoms with van der Waals surface area (Å²) in [5.41, 5.74) is 2.26. The summed E-state index contributed by atoms with van der Waals surface area (Å²) in [4.78, 5) is 27.9. The Balaban J connectivity index is 2.26. The molecule has 5 heteroatoms. The summed E-state index contributed by atoms with van der Waals surface area (Å²) in [7, 11) is 0. The molecule has 0 heterocycles. The van der Waals surface area contributed by atoms with Crippen molar-refractivity contribution in [3.05, 3.63) is 24.3 Å². The van der Waals surface area contributed by atoms with E-state index >= 15 is 0 Å². The number of aliphatic imine (C=N–C) groups is 1. The van der Waals surface area contributed by atoms with Gasteiger partial charge in [0.1, 0.15) is 4.83 Å². The van der Waals surface area contributed by atoms with Crippen molar-refractivity contribution in [2.45, 2.75) is 44.9 Å². The first-order chi connectivity index (χ1) is 10.3. The highest BCUT2D eigenvalue weighted by molar-refractivity contribution is 9.10. The van der Waals surface area contributed by atoms with Gasteiger partial charge in [-0.1, -0.05) is 42.8 Å². The van der Waals surface area contributed by atoms with Crippen molar-refractivity contribution >= 4 is 44.7 Å². The number of nitrogens with zero attached hydrogens (tertiary/aromatic N) is 1. The van der Waals surface area contributed by atoms with Gasteiger partial charge in [0.25, 0.3) is 0 Å². The standard InChI is InChI=1S/C17H21BrN2O2/c1-4-15(22)20-12-7-5-6-11(8-12)19-13-9-17(2,3)10-14(21)16(13)18/h5-8,16H,4,9-10H2,1-3H3,(H,20,22). The number of ketones is 1. The Morgan fingerprint density at radius 3 is 2.82 bits per heavy atom. The van der Waals surface area contributed by atoms with Crippen molar-refractivity contribution in [2.24, 2.45) is 10.4 Å². The van der Waals surface area contributed by atoms with Crippen LogP contribution in [0.1, 0.15) is 40.0 Å². The molecule has 4 nitrogen and oxygen atoms in total. The third-order valence-corrected chi connectivity index (χ3v) is 4.65. The molecule has 1 amide bonds. The van der Waals surface area contributed by atoms with Gasteiger partial charge in [0, 0.05) is 24.2 Å². The molecule has 1 unspecified atom stereocenters. The van der Waals surface area contributed by atoms with E-state index in [2.05, 4.69) is 40.1 Å². The molecule has 22 heavy (non-hydrogen) atoms. The highest BCUT2D eigenvalue weighted by Gasteiger charge is 2.36. The van der Waals surface area contributed by atoms with Gasteiger partial charge in [0.15, 0.2) is 5.78 Å². The van der Waals surface area contributed by atoms with Crippen LogP contribution in [0, 0.1) is 5.41 Å². The first-order valence-electron chi connectivity index (χ1n) is 7.45. The topological polar surface area (TPSA) is 58.5 Å². The number of rotatable bonds is 3. The Kier molecular flexibility index (Phi) is 5.16. The van der Waals surface area contributed by atoms with Gasteiger partial charge in [0.05, 0.1) is 5.69 Å². The van der Waals surface area contributed by atoms with E-state index in [-0.39, 0.29) is 21.9 Å². The lowest BCUT2D eigenvalue weighted by Crippen LogP contribution is -2.38.